The van der Waals surface area contributed by atoms with Gasteiger partial charge >= 0.3 is 5.69 Å². The predicted molar refractivity (Wildman–Crippen MR) is 66.5 cm³/mol. The molecule has 0 unspecified atom stereocenters. The van der Waals surface area contributed by atoms with Crippen LogP contribution in [0.3, 0.4) is 0 Å². The topological polar surface area (TPSA) is 99.9 Å². The van der Waals surface area contributed by atoms with Crippen molar-refractivity contribution in [1.29, 1.82) is 0 Å². The van der Waals surface area contributed by atoms with Crippen LogP contribution >= 0.6 is 0 Å². The number of anilines is 1. The summed E-state index contributed by atoms with van der Waals surface area (Å²) in [6.45, 7) is 3.79. The van der Waals surface area contributed by atoms with E-state index in [-0.39, 0.29) is 11.7 Å². The lowest BCUT2D eigenvalue weighted by Crippen LogP contribution is -2.06. The van der Waals surface area contributed by atoms with Crippen molar-refractivity contribution in [3.8, 4) is 5.69 Å². The third kappa shape index (κ3) is 2.24. The van der Waals surface area contributed by atoms with Crippen molar-refractivity contribution < 1.29 is 9.31 Å². The molecule has 0 aliphatic carbocycles. The van der Waals surface area contributed by atoms with E-state index in [9.17, 15) is 14.5 Å². The lowest BCUT2D eigenvalue weighted by atomic mass is 10.1. The van der Waals surface area contributed by atoms with Gasteiger partial charge in [0.2, 0.25) is 5.82 Å². The number of nitro groups is 1. The fourth-order valence-electron chi connectivity index (χ4n) is 1.81. The Morgan fingerprint density at radius 1 is 1.47 bits per heavy atom. The molecule has 1 heterocycles. The summed E-state index contributed by atoms with van der Waals surface area (Å²) in [5, 5.41) is 18.1. The third-order valence-corrected chi connectivity index (χ3v) is 2.65. The first-order valence-electron chi connectivity index (χ1n) is 5.57. The second kappa shape index (κ2) is 4.63. The maximum absolute atomic E-state index is 13.6. The molecule has 2 N–H and O–H groups in total. The molecule has 0 spiro atoms. The van der Waals surface area contributed by atoms with Crippen LogP contribution in [0.4, 0.5) is 15.9 Å². The van der Waals surface area contributed by atoms with E-state index in [1.807, 2.05) is 13.8 Å². The molecule has 0 aliphatic rings. The van der Waals surface area contributed by atoms with Crippen LogP contribution < -0.4 is 5.73 Å². The van der Waals surface area contributed by atoms with E-state index in [1.54, 1.807) is 0 Å². The van der Waals surface area contributed by atoms with Crippen LogP contribution in [0.1, 0.15) is 25.5 Å². The number of aromatic nitrogens is 3. The largest absolute Gasteiger partial charge is 0.381 e. The fourth-order valence-corrected chi connectivity index (χ4v) is 1.81. The van der Waals surface area contributed by atoms with Crippen LogP contribution in [0.2, 0.25) is 0 Å². The highest BCUT2D eigenvalue weighted by Gasteiger charge is 2.19. The molecule has 0 atom stereocenters. The molecule has 0 saturated heterocycles. The van der Waals surface area contributed by atoms with Gasteiger partial charge in [-0.2, -0.15) is 4.39 Å². The zero-order valence-corrected chi connectivity index (χ0v) is 10.4. The van der Waals surface area contributed by atoms with Gasteiger partial charge < -0.3 is 5.73 Å². The number of rotatable bonds is 3. The van der Waals surface area contributed by atoms with Crippen molar-refractivity contribution in [2.24, 2.45) is 0 Å². The van der Waals surface area contributed by atoms with Gasteiger partial charge in [0.25, 0.3) is 0 Å². The van der Waals surface area contributed by atoms with E-state index in [0.29, 0.717) is 11.4 Å². The molecule has 0 saturated carbocycles. The summed E-state index contributed by atoms with van der Waals surface area (Å²) >= 11 is 0. The van der Waals surface area contributed by atoms with Crippen molar-refractivity contribution in [3.05, 3.63) is 39.8 Å². The Morgan fingerprint density at radius 2 is 2.16 bits per heavy atom. The normalized spacial score (nSPS) is 10.9. The van der Waals surface area contributed by atoms with Gasteiger partial charge in [0.1, 0.15) is 0 Å². The van der Waals surface area contributed by atoms with Crippen molar-refractivity contribution in [2.75, 3.05) is 5.73 Å². The van der Waals surface area contributed by atoms with Gasteiger partial charge in [0.15, 0.2) is 5.82 Å². The average molecular weight is 265 g/mol. The van der Waals surface area contributed by atoms with E-state index in [2.05, 4.69) is 10.3 Å². The minimum absolute atomic E-state index is 0.0354. The Labute approximate surface area is 108 Å². The summed E-state index contributed by atoms with van der Waals surface area (Å²) in [4.78, 5) is 9.78. The van der Waals surface area contributed by atoms with Crippen LogP contribution in [0.15, 0.2) is 18.2 Å². The van der Waals surface area contributed by atoms with Gasteiger partial charge in [0, 0.05) is 12.1 Å². The molecule has 0 fully saturated rings. The van der Waals surface area contributed by atoms with Crippen LogP contribution in [0.5, 0.6) is 0 Å². The first kappa shape index (κ1) is 12.9. The molecule has 1 aromatic carbocycles. The maximum atomic E-state index is 13.6. The van der Waals surface area contributed by atoms with E-state index in [1.165, 1.54) is 10.7 Å². The van der Waals surface area contributed by atoms with Crippen molar-refractivity contribution >= 4 is 11.5 Å². The van der Waals surface area contributed by atoms with Gasteiger partial charge in [-0.1, -0.05) is 19.1 Å². The number of nitrogens with zero attached hydrogens (tertiary/aromatic N) is 4. The number of nitrogen functional groups attached to an aromatic ring is 1. The second-order valence-corrected chi connectivity index (χ2v) is 4.32. The first-order valence-corrected chi connectivity index (χ1v) is 5.57. The van der Waals surface area contributed by atoms with E-state index in [0.717, 1.165) is 12.1 Å². The minimum atomic E-state index is -0.925. The zero-order valence-electron chi connectivity index (χ0n) is 10.4. The molecule has 2 rings (SSSR count). The molecule has 0 aliphatic heterocycles. The van der Waals surface area contributed by atoms with Gasteiger partial charge in [-0.05, 0) is 12.0 Å². The van der Waals surface area contributed by atoms with E-state index in [4.69, 9.17) is 5.73 Å². The van der Waals surface area contributed by atoms with Gasteiger partial charge in [-0.3, -0.25) is 10.1 Å². The predicted octanol–water partition coefficient (Wildman–Crippen LogP) is 2.02. The molecule has 8 heteroatoms. The Kier molecular flexibility index (Phi) is 3.16. The van der Waals surface area contributed by atoms with Gasteiger partial charge in [-0.15, -0.1) is 5.10 Å². The Balaban J connectivity index is 2.54. The molecule has 1 aromatic heterocycles. The molecule has 100 valence electrons. The lowest BCUT2D eigenvalue weighted by Gasteiger charge is -2.09. The average Bonchev–Trinajstić information content (AvgIpc) is 2.70. The Hall–Kier alpha value is -2.51. The van der Waals surface area contributed by atoms with Gasteiger partial charge in [0.05, 0.1) is 16.3 Å². The summed E-state index contributed by atoms with van der Waals surface area (Å²) in [7, 11) is 0. The standard InChI is InChI=1S/C11H12FN5O2/c1-6(2)10-11(13)14-15-16(10)7-3-4-9(17(18)19)8(12)5-7/h3-6H,13H2,1-2H3. The van der Waals surface area contributed by atoms with Gasteiger partial charge in [-0.25, -0.2) is 4.68 Å². The molecule has 7 nitrogen and oxygen atoms in total. The molecule has 0 amide bonds. The lowest BCUT2D eigenvalue weighted by molar-refractivity contribution is -0.387. The summed E-state index contributed by atoms with van der Waals surface area (Å²) in [5.41, 5.74) is 6.09. The van der Waals surface area contributed by atoms with Crippen LogP contribution in [0.25, 0.3) is 5.69 Å². The molecule has 0 bridgehead atoms. The van der Waals surface area contributed by atoms with Crippen LogP contribution in [-0.4, -0.2) is 19.9 Å². The smallest absolute Gasteiger partial charge is 0.304 e. The number of halogens is 1. The van der Waals surface area contributed by atoms with Crippen molar-refractivity contribution in [3.63, 3.8) is 0 Å². The van der Waals surface area contributed by atoms with E-state index >= 15 is 0 Å². The SMILES string of the molecule is CC(C)c1c(N)nnn1-c1ccc([N+](=O)[O-])c(F)c1. The molecule has 0 radical (unpaired) electrons. The maximum Gasteiger partial charge on any atom is 0.304 e. The highest BCUT2D eigenvalue weighted by atomic mass is 19.1. The first-order chi connectivity index (χ1) is 8.91. The molecular formula is C11H12FN5O2. The second-order valence-electron chi connectivity index (χ2n) is 4.32. The van der Waals surface area contributed by atoms with Crippen molar-refractivity contribution in [2.45, 2.75) is 19.8 Å². The quantitative estimate of drug-likeness (QED) is 0.676. The highest BCUT2D eigenvalue weighted by molar-refractivity contribution is 5.46. The van der Waals surface area contributed by atoms with Crippen LogP contribution in [-0.2, 0) is 0 Å². The minimum Gasteiger partial charge on any atom is -0.381 e. The summed E-state index contributed by atoms with van der Waals surface area (Å²) in [6, 6.07) is 3.53. The summed E-state index contributed by atoms with van der Waals surface area (Å²) in [6.07, 6.45) is 0. The summed E-state index contributed by atoms with van der Waals surface area (Å²) < 4.78 is 15.0. The number of nitro benzene ring substituents is 1. The number of hydrogen-bond acceptors (Lipinski definition) is 5. The third-order valence-electron chi connectivity index (χ3n) is 2.65. The fraction of sp³-hybridized carbons (Fsp3) is 0.273. The zero-order chi connectivity index (χ0) is 14.2. The molecular weight excluding hydrogens is 253 g/mol. The van der Waals surface area contributed by atoms with Crippen molar-refractivity contribution in [1.82, 2.24) is 15.0 Å². The Morgan fingerprint density at radius 3 is 2.68 bits per heavy atom. The molecule has 19 heavy (non-hydrogen) atoms. The number of benzene rings is 1. The number of nitrogens with two attached hydrogens (primary N) is 1. The van der Waals surface area contributed by atoms with E-state index < -0.39 is 16.4 Å². The molecule has 2 aromatic rings. The summed E-state index contributed by atoms with van der Waals surface area (Å²) in [5.74, 6) is -0.631. The Bertz CT molecular complexity index is 638. The van der Waals surface area contributed by atoms with Crippen LogP contribution in [0, 0.1) is 15.9 Å². The highest BCUT2D eigenvalue weighted by Crippen LogP contribution is 2.25. The monoisotopic (exact) mass is 265 g/mol. The number of hydrogen-bond donors (Lipinski definition) is 1.